The van der Waals surface area contributed by atoms with Crippen LogP contribution < -0.4 is 4.74 Å². The van der Waals surface area contributed by atoms with E-state index in [1.54, 1.807) is 59.4 Å². The molecule has 0 saturated carbocycles. The molecule has 0 saturated heterocycles. The van der Waals surface area contributed by atoms with Crippen LogP contribution in [0.1, 0.15) is 11.6 Å². The van der Waals surface area contributed by atoms with Crippen molar-refractivity contribution in [2.75, 3.05) is 20.2 Å². The maximum atomic E-state index is 13.0. The van der Waals surface area contributed by atoms with Crippen LogP contribution in [0.25, 0.3) is 0 Å². The van der Waals surface area contributed by atoms with E-state index in [-0.39, 0.29) is 11.7 Å². The van der Waals surface area contributed by atoms with Gasteiger partial charge in [-0.25, -0.2) is 0 Å². The number of likely N-dealkylation sites (N-methyl/N-ethyl adjacent to an activating group) is 1. The second-order valence-electron chi connectivity index (χ2n) is 5.90. The summed E-state index contributed by atoms with van der Waals surface area (Å²) in [6, 6.07) is 17.4. The lowest BCUT2D eigenvalue weighted by atomic mass is 10.1. The third kappa shape index (κ3) is 4.22. The molecule has 3 rings (SSSR count). The number of aromatic hydroxyl groups is 1. The summed E-state index contributed by atoms with van der Waals surface area (Å²) < 4.78 is 7.29. The Bertz CT molecular complexity index is 817. The molecule has 1 amide bonds. The lowest BCUT2D eigenvalue weighted by molar-refractivity contribution is -0.132. The molecule has 0 aliphatic carbocycles. The van der Waals surface area contributed by atoms with E-state index in [0.29, 0.717) is 18.9 Å². The molecule has 1 N–H and O–H groups in total. The van der Waals surface area contributed by atoms with Crippen LogP contribution in [0.15, 0.2) is 73.1 Å². The number of carbonyl (C=O) groups is 1. The summed E-state index contributed by atoms with van der Waals surface area (Å²) in [6.45, 7) is 0.790. The number of amides is 1. The normalized spacial score (nSPS) is 11.7. The average Bonchev–Trinajstić information content (AvgIpc) is 3.18. The highest BCUT2D eigenvalue weighted by molar-refractivity contribution is 5.83. The molecule has 2 aromatic carbocycles. The lowest BCUT2D eigenvalue weighted by Crippen LogP contribution is -2.37. The number of benzene rings is 2. The van der Waals surface area contributed by atoms with Crippen LogP contribution in [0.4, 0.5) is 0 Å². The van der Waals surface area contributed by atoms with E-state index in [9.17, 15) is 9.90 Å². The van der Waals surface area contributed by atoms with Gasteiger partial charge >= 0.3 is 0 Å². The average molecular weight is 351 g/mol. The molecule has 0 radical (unpaired) electrons. The second kappa shape index (κ2) is 8.20. The first-order valence-electron chi connectivity index (χ1n) is 8.36. The van der Waals surface area contributed by atoms with Gasteiger partial charge in [0.25, 0.3) is 5.91 Å². The summed E-state index contributed by atoms with van der Waals surface area (Å²) in [5.74, 6) is 0.777. The summed E-state index contributed by atoms with van der Waals surface area (Å²) in [4.78, 5) is 14.6. The summed E-state index contributed by atoms with van der Waals surface area (Å²) >= 11 is 0. The van der Waals surface area contributed by atoms with Gasteiger partial charge in [0.2, 0.25) is 0 Å². The number of carbonyl (C=O) groups excluding carboxylic acids is 1. The van der Waals surface area contributed by atoms with Crippen LogP contribution in [0.2, 0.25) is 0 Å². The minimum Gasteiger partial charge on any atom is -0.508 e. The van der Waals surface area contributed by atoms with Gasteiger partial charge in [0.05, 0.1) is 6.54 Å². The van der Waals surface area contributed by atoms with Crippen molar-refractivity contribution in [3.8, 4) is 11.5 Å². The van der Waals surface area contributed by atoms with Crippen molar-refractivity contribution in [2.24, 2.45) is 0 Å². The molecule has 26 heavy (non-hydrogen) atoms. The maximum absolute atomic E-state index is 13.0. The Morgan fingerprint density at radius 2 is 1.88 bits per heavy atom. The second-order valence-corrected chi connectivity index (χ2v) is 5.90. The Hall–Kier alpha value is -3.28. The van der Waals surface area contributed by atoms with Crippen LogP contribution in [0, 0.1) is 0 Å². The van der Waals surface area contributed by atoms with Gasteiger partial charge in [-0.3, -0.25) is 9.48 Å². The minimum absolute atomic E-state index is 0.0609. The Morgan fingerprint density at radius 1 is 1.15 bits per heavy atom. The van der Waals surface area contributed by atoms with Crippen molar-refractivity contribution >= 4 is 5.91 Å². The Kier molecular flexibility index (Phi) is 5.53. The predicted octanol–water partition coefficient (Wildman–Crippen LogP) is 2.72. The van der Waals surface area contributed by atoms with E-state index in [1.807, 2.05) is 30.3 Å². The van der Waals surface area contributed by atoms with Crippen LogP contribution in [-0.2, 0) is 4.79 Å². The number of rotatable bonds is 7. The highest BCUT2D eigenvalue weighted by Gasteiger charge is 2.25. The third-order valence-corrected chi connectivity index (χ3v) is 4.05. The van der Waals surface area contributed by atoms with Crippen molar-refractivity contribution in [1.82, 2.24) is 14.7 Å². The van der Waals surface area contributed by atoms with Crippen molar-refractivity contribution in [3.63, 3.8) is 0 Å². The number of aromatic nitrogens is 2. The largest absolute Gasteiger partial charge is 0.508 e. The van der Waals surface area contributed by atoms with E-state index < -0.39 is 6.04 Å². The number of nitrogens with zero attached hydrogens (tertiary/aromatic N) is 3. The monoisotopic (exact) mass is 351 g/mol. The summed E-state index contributed by atoms with van der Waals surface area (Å²) in [5.41, 5.74) is 0.882. The fourth-order valence-corrected chi connectivity index (χ4v) is 2.64. The van der Waals surface area contributed by atoms with Crippen LogP contribution in [0.5, 0.6) is 11.5 Å². The van der Waals surface area contributed by atoms with Gasteiger partial charge in [-0.1, -0.05) is 30.3 Å². The van der Waals surface area contributed by atoms with Gasteiger partial charge < -0.3 is 14.7 Å². The zero-order valence-corrected chi connectivity index (χ0v) is 14.5. The molecule has 3 aromatic rings. The lowest BCUT2D eigenvalue weighted by Gasteiger charge is -2.24. The van der Waals surface area contributed by atoms with Gasteiger partial charge in [-0.05, 0) is 35.9 Å². The van der Waals surface area contributed by atoms with E-state index in [0.717, 1.165) is 5.56 Å². The van der Waals surface area contributed by atoms with Crippen LogP contribution in [0.3, 0.4) is 0 Å². The third-order valence-electron chi connectivity index (χ3n) is 4.05. The molecule has 1 aromatic heterocycles. The van der Waals surface area contributed by atoms with E-state index in [4.69, 9.17) is 4.74 Å². The predicted molar refractivity (Wildman–Crippen MR) is 98.0 cm³/mol. The van der Waals surface area contributed by atoms with E-state index in [2.05, 4.69) is 5.10 Å². The molecule has 0 bridgehead atoms. The highest BCUT2D eigenvalue weighted by atomic mass is 16.5. The molecule has 1 atom stereocenters. The number of hydrogen-bond donors (Lipinski definition) is 1. The maximum Gasteiger partial charge on any atom is 0.251 e. The summed E-state index contributed by atoms with van der Waals surface area (Å²) in [6.07, 6.45) is 3.45. The van der Waals surface area contributed by atoms with Gasteiger partial charge in [0.15, 0.2) is 6.04 Å². The Balaban J connectivity index is 1.65. The van der Waals surface area contributed by atoms with E-state index in [1.165, 1.54) is 0 Å². The zero-order valence-electron chi connectivity index (χ0n) is 14.5. The molecule has 1 heterocycles. The Morgan fingerprint density at radius 3 is 2.54 bits per heavy atom. The molecule has 0 spiro atoms. The minimum atomic E-state index is -0.509. The molecular weight excluding hydrogens is 330 g/mol. The van der Waals surface area contributed by atoms with Gasteiger partial charge in [-0.2, -0.15) is 5.10 Å². The quantitative estimate of drug-likeness (QED) is 0.711. The van der Waals surface area contributed by atoms with Crippen molar-refractivity contribution in [1.29, 1.82) is 0 Å². The number of ether oxygens (including phenoxy) is 1. The fourth-order valence-electron chi connectivity index (χ4n) is 2.64. The standard InChI is InChI=1S/C20H21N3O3/c1-22(14-15-26-18-10-8-17(24)9-11-18)20(25)19(23-13-5-12-21-23)16-6-3-2-4-7-16/h2-13,19,24H,14-15H2,1H3/t19-/m0/s1. The van der Waals surface area contributed by atoms with Gasteiger partial charge in [0.1, 0.15) is 18.1 Å². The Labute approximate surface area is 152 Å². The SMILES string of the molecule is CN(CCOc1ccc(O)cc1)C(=O)[C@H](c1ccccc1)n1cccn1. The number of hydrogen-bond acceptors (Lipinski definition) is 4. The van der Waals surface area contributed by atoms with Gasteiger partial charge in [-0.15, -0.1) is 0 Å². The first-order chi connectivity index (χ1) is 12.6. The first kappa shape index (κ1) is 17.5. The van der Waals surface area contributed by atoms with Crippen LogP contribution >= 0.6 is 0 Å². The van der Waals surface area contributed by atoms with Crippen LogP contribution in [-0.4, -0.2) is 45.9 Å². The molecule has 6 nitrogen and oxygen atoms in total. The molecular formula is C20H21N3O3. The van der Waals surface area contributed by atoms with Crippen molar-refractivity contribution in [3.05, 3.63) is 78.6 Å². The summed E-state index contributed by atoms with van der Waals surface area (Å²) in [7, 11) is 1.75. The van der Waals surface area contributed by atoms with Gasteiger partial charge in [0, 0.05) is 19.4 Å². The topological polar surface area (TPSA) is 67.6 Å². The summed E-state index contributed by atoms with van der Waals surface area (Å²) in [5, 5.41) is 13.5. The smallest absolute Gasteiger partial charge is 0.251 e. The fraction of sp³-hybridized carbons (Fsp3) is 0.200. The van der Waals surface area contributed by atoms with Crippen molar-refractivity contribution < 1.29 is 14.6 Å². The number of phenols is 1. The molecule has 6 heteroatoms. The van der Waals surface area contributed by atoms with E-state index >= 15 is 0 Å². The molecule has 0 aliphatic rings. The zero-order chi connectivity index (χ0) is 18.4. The molecule has 0 fully saturated rings. The molecule has 134 valence electrons. The molecule has 0 unspecified atom stereocenters. The highest BCUT2D eigenvalue weighted by Crippen LogP contribution is 2.20. The first-order valence-corrected chi connectivity index (χ1v) is 8.36. The molecule has 0 aliphatic heterocycles. The number of phenolic OH excluding ortho intramolecular Hbond substituents is 1. The van der Waals surface area contributed by atoms with Crippen molar-refractivity contribution in [2.45, 2.75) is 6.04 Å².